The van der Waals surface area contributed by atoms with Gasteiger partial charge < -0.3 is 4.74 Å². The normalized spacial score (nSPS) is 13.6. The topological polar surface area (TPSA) is 58.2 Å². The Hall–Kier alpha value is -1.58. The van der Waals surface area contributed by atoms with Crippen LogP contribution in [0, 0.1) is 10.6 Å². The number of carbonyl (C=O) groups is 1. The van der Waals surface area contributed by atoms with Crippen LogP contribution in [-0.2, 0) is 22.6 Å². The van der Waals surface area contributed by atoms with Gasteiger partial charge in [-0.2, -0.15) is 0 Å². The van der Waals surface area contributed by atoms with Gasteiger partial charge in [-0.25, -0.2) is 18.4 Å². The van der Waals surface area contributed by atoms with Crippen LogP contribution in [-0.4, -0.2) is 32.8 Å². The summed E-state index contributed by atoms with van der Waals surface area (Å²) in [5.74, 6) is -1.05. The molecule has 0 fully saturated rings. The summed E-state index contributed by atoms with van der Waals surface area (Å²) < 4.78 is 23.7. The van der Waals surface area contributed by atoms with Crippen molar-refractivity contribution in [2.75, 3.05) is 12.9 Å². The first kappa shape index (κ1) is 18.2. The van der Waals surface area contributed by atoms with Gasteiger partial charge in [-0.05, 0) is 37.2 Å². The first-order chi connectivity index (χ1) is 11.9. The number of aromatic nitrogens is 3. The number of hydrogen-bond donors (Lipinski definition) is 0. The zero-order chi connectivity index (χ0) is 18.1. The first-order valence-electron chi connectivity index (χ1n) is 7.55. The van der Waals surface area contributed by atoms with E-state index in [4.69, 9.17) is 23.8 Å². The molecule has 0 unspecified atom stereocenters. The first-order valence-corrected chi connectivity index (χ1v) is 9.33. The molecule has 0 bridgehead atoms. The summed E-state index contributed by atoms with van der Waals surface area (Å²) in [5.41, 5.74) is -0.351. The lowest BCUT2D eigenvalue weighted by Crippen LogP contribution is -2.29. The Kier molecular flexibility index (Phi) is 5.35. The number of esters is 1. The van der Waals surface area contributed by atoms with Crippen LogP contribution in [0.25, 0.3) is 5.69 Å². The van der Waals surface area contributed by atoms with E-state index in [1.807, 2.05) is 0 Å². The molecule has 0 amide bonds. The number of hydrogen-bond acceptors (Lipinski definition) is 5. The average Bonchev–Trinajstić information content (AvgIpc) is 2.86. The number of ether oxygens (including phenoxy) is 1. The van der Waals surface area contributed by atoms with Crippen LogP contribution in [0.5, 0.6) is 0 Å². The Balaban J connectivity index is 2.09. The predicted molar refractivity (Wildman–Crippen MR) is 95.8 cm³/mol. The summed E-state index contributed by atoms with van der Waals surface area (Å²) in [7, 11) is 1.28. The maximum atomic E-state index is 14.5. The van der Waals surface area contributed by atoms with Gasteiger partial charge in [0.05, 0.1) is 23.6 Å². The Morgan fingerprint density at radius 3 is 2.68 bits per heavy atom. The predicted octanol–water partition coefficient (Wildman–Crippen LogP) is 3.02. The molecule has 134 valence electrons. The summed E-state index contributed by atoms with van der Waals surface area (Å²) in [6, 6.07) is 2.56. The third-order valence-corrected chi connectivity index (χ3v) is 5.77. The highest BCUT2D eigenvalue weighted by Gasteiger charge is 2.21. The van der Waals surface area contributed by atoms with Gasteiger partial charge in [-0.15, -0.1) is 11.8 Å². The molecule has 1 aliphatic rings. The van der Waals surface area contributed by atoms with Crippen molar-refractivity contribution in [3.05, 3.63) is 38.2 Å². The molecular weight excluding hydrogens is 389 g/mol. The van der Waals surface area contributed by atoms with Crippen molar-refractivity contribution in [1.29, 1.82) is 0 Å². The molecule has 1 aromatic heterocycles. The summed E-state index contributed by atoms with van der Waals surface area (Å²) >= 11 is 12.5. The molecule has 0 atom stereocenters. The van der Waals surface area contributed by atoms with Crippen molar-refractivity contribution in [2.24, 2.45) is 0 Å². The van der Waals surface area contributed by atoms with Crippen LogP contribution >= 0.6 is 35.6 Å². The maximum Gasteiger partial charge on any atom is 0.349 e. The summed E-state index contributed by atoms with van der Waals surface area (Å²) in [6.45, 7) is 1.18. The van der Waals surface area contributed by atoms with Crippen LogP contribution in [0.15, 0.2) is 21.8 Å². The fourth-order valence-corrected chi connectivity index (χ4v) is 4.14. The number of thioether (sulfide) groups is 1. The quantitative estimate of drug-likeness (QED) is 0.446. The lowest BCUT2D eigenvalue weighted by Gasteiger charge is -2.14. The van der Waals surface area contributed by atoms with E-state index >= 15 is 0 Å². The van der Waals surface area contributed by atoms with Crippen LogP contribution in [0.2, 0.25) is 5.02 Å². The largest absolute Gasteiger partial charge is 0.468 e. The van der Waals surface area contributed by atoms with Gasteiger partial charge in [0.2, 0.25) is 4.77 Å². The van der Waals surface area contributed by atoms with Gasteiger partial charge in [0.15, 0.2) is 0 Å². The molecule has 6 nitrogen and oxygen atoms in total. The second-order valence-corrected chi connectivity index (χ2v) is 7.24. The highest BCUT2D eigenvalue weighted by molar-refractivity contribution is 8.00. The molecule has 1 aromatic carbocycles. The number of fused-ring (bicyclic) bond motifs is 1. The van der Waals surface area contributed by atoms with E-state index in [2.05, 4.69) is 4.74 Å². The molecule has 0 saturated carbocycles. The van der Waals surface area contributed by atoms with E-state index in [0.717, 1.165) is 30.7 Å². The Bertz CT molecular complexity index is 913. The van der Waals surface area contributed by atoms with E-state index in [9.17, 15) is 14.0 Å². The van der Waals surface area contributed by atoms with Crippen molar-refractivity contribution in [1.82, 2.24) is 13.9 Å². The third-order valence-electron chi connectivity index (χ3n) is 3.92. The molecule has 0 N–H and O–H groups in total. The van der Waals surface area contributed by atoms with Gasteiger partial charge in [0.1, 0.15) is 5.82 Å². The minimum absolute atomic E-state index is 0.0257. The maximum absolute atomic E-state index is 14.5. The van der Waals surface area contributed by atoms with E-state index in [1.54, 1.807) is 4.68 Å². The smallest absolute Gasteiger partial charge is 0.349 e. The minimum atomic E-state index is -0.649. The highest BCUT2D eigenvalue weighted by Crippen LogP contribution is 2.31. The van der Waals surface area contributed by atoms with Crippen LogP contribution in [0.3, 0.4) is 0 Å². The molecule has 0 saturated heterocycles. The van der Waals surface area contributed by atoms with Crippen LogP contribution in [0.4, 0.5) is 4.39 Å². The molecule has 25 heavy (non-hydrogen) atoms. The van der Waals surface area contributed by atoms with Crippen LogP contribution in [0.1, 0.15) is 12.8 Å². The molecule has 1 aliphatic heterocycles. The zero-order valence-electron chi connectivity index (χ0n) is 13.3. The number of carbonyl (C=O) groups excluding carboxylic acids is 1. The van der Waals surface area contributed by atoms with Crippen molar-refractivity contribution < 1.29 is 13.9 Å². The fraction of sp³-hybridized carbons (Fsp3) is 0.400. The molecule has 0 radical (unpaired) electrons. The summed E-state index contributed by atoms with van der Waals surface area (Å²) in [6.07, 6.45) is 1.79. The summed E-state index contributed by atoms with van der Waals surface area (Å²) in [5, 5.41) is 0.158. The van der Waals surface area contributed by atoms with Gasteiger partial charge in [0.25, 0.3) is 0 Å². The Labute approximate surface area is 157 Å². The molecule has 0 spiro atoms. The molecule has 10 heteroatoms. The number of halogens is 2. The van der Waals surface area contributed by atoms with Gasteiger partial charge in [-0.3, -0.25) is 9.48 Å². The Morgan fingerprint density at radius 2 is 2.04 bits per heavy atom. The lowest BCUT2D eigenvalue weighted by atomic mass is 10.3. The fourth-order valence-electron chi connectivity index (χ4n) is 2.68. The SMILES string of the molecule is COC(=O)CSc1cc(-n2c(=O)n3n(c2=S)CCCC3)c(F)cc1Cl. The van der Waals surface area contributed by atoms with Crippen molar-refractivity contribution in [3.63, 3.8) is 0 Å². The number of nitrogens with zero attached hydrogens (tertiary/aromatic N) is 3. The lowest BCUT2D eigenvalue weighted by molar-refractivity contribution is -0.137. The van der Waals surface area contributed by atoms with Crippen molar-refractivity contribution in [3.8, 4) is 5.69 Å². The molecule has 2 heterocycles. The standard InChI is InChI=1S/C15H15ClFN3O3S2/c1-23-13(21)8-25-12-7-11(10(17)6-9(12)16)20-14(22)18-4-2-3-5-19(18)15(20)24/h6-7H,2-5,8H2,1H3. The van der Waals surface area contributed by atoms with Crippen molar-refractivity contribution in [2.45, 2.75) is 30.8 Å². The van der Waals surface area contributed by atoms with E-state index < -0.39 is 11.8 Å². The van der Waals surface area contributed by atoms with Crippen molar-refractivity contribution >= 4 is 41.6 Å². The number of rotatable bonds is 4. The Morgan fingerprint density at radius 1 is 1.36 bits per heavy atom. The minimum Gasteiger partial charge on any atom is -0.468 e. The van der Waals surface area contributed by atoms with E-state index in [1.165, 1.54) is 22.4 Å². The second kappa shape index (κ2) is 7.35. The molecule has 3 rings (SSSR count). The monoisotopic (exact) mass is 403 g/mol. The number of benzene rings is 1. The summed E-state index contributed by atoms with van der Waals surface area (Å²) in [4.78, 5) is 24.4. The van der Waals surface area contributed by atoms with E-state index in [-0.39, 0.29) is 26.9 Å². The molecule has 2 aromatic rings. The molecular formula is C15H15ClFN3O3S2. The van der Waals surface area contributed by atoms with Gasteiger partial charge in [0, 0.05) is 18.0 Å². The number of methoxy groups -OCH3 is 1. The zero-order valence-corrected chi connectivity index (χ0v) is 15.7. The van der Waals surface area contributed by atoms with Gasteiger partial charge >= 0.3 is 11.7 Å². The van der Waals surface area contributed by atoms with Gasteiger partial charge in [-0.1, -0.05) is 11.6 Å². The highest BCUT2D eigenvalue weighted by atomic mass is 35.5. The van der Waals surface area contributed by atoms with E-state index in [0.29, 0.717) is 18.0 Å². The third kappa shape index (κ3) is 3.40. The second-order valence-electron chi connectivity index (χ2n) is 5.45. The average molecular weight is 404 g/mol. The van der Waals surface area contributed by atoms with Crippen LogP contribution < -0.4 is 5.69 Å². The molecule has 0 aliphatic carbocycles.